The molecule has 0 aliphatic heterocycles. The molecule has 0 unspecified atom stereocenters. The summed E-state index contributed by atoms with van der Waals surface area (Å²) in [5.41, 5.74) is 1.06. The van der Waals surface area contributed by atoms with Gasteiger partial charge in [0.05, 0.1) is 6.61 Å². The molecule has 0 spiro atoms. The number of ether oxygens (including phenoxy) is 1. The van der Waals surface area contributed by atoms with E-state index in [1.165, 1.54) is 0 Å². The first-order valence-electron chi connectivity index (χ1n) is 5.55. The normalized spacial score (nSPS) is 11.6. The summed E-state index contributed by atoms with van der Waals surface area (Å²) in [5, 5.41) is 9.10. The molecule has 0 bridgehead atoms. The Hall–Kier alpha value is -0.540. The number of hydrogen-bond acceptors (Lipinski definition) is 2. The standard InChI is InChI=1S/C13H19BrO2/c1-4-16-12-6-5-10(14)9-11(12)13(2,3)7-8-15/h5-6,9,15H,4,7-8H2,1-3H3. The zero-order valence-electron chi connectivity index (χ0n) is 10.1. The van der Waals surface area contributed by atoms with E-state index < -0.39 is 0 Å². The second kappa shape index (κ2) is 5.69. The summed E-state index contributed by atoms with van der Waals surface area (Å²) in [6.45, 7) is 7.06. The number of aliphatic hydroxyl groups is 1. The van der Waals surface area contributed by atoms with E-state index in [4.69, 9.17) is 9.84 Å². The Kier molecular flexibility index (Phi) is 4.81. The molecule has 0 heterocycles. The van der Waals surface area contributed by atoms with Crippen LogP contribution in [0.5, 0.6) is 5.75 Å². The van der Waals surface area contributed by atoms with Crippen molar-refractivity contribution >= 4 is 15.9 Å². The van der Waals surface area contributed by atoms with E-state index in [1.54, 1.807) is 0 Å². The van der Waals surface area contributed by atoms with Crippen LogP contribution in [0, 0.1) is 0 Å². The third-order valence-corrected chi connectivity index (χ3v) is 3.20. The highest BCUT2D eigenvalue weighted by Crippen LogP contribution is 2.36. The second-order valence-corrected chi connectivity index (χ2v) is 5.35. The lowest BCUT2D eigenvalue weighted by Crippen LogP contribution is -2.20. The van der Waals surface area contributed by atoms with Gasteiger partial charge in [0, 0.05) is 16.6 Å². The topological polar surface area (TPSA) is 29.5 Å². The second-order valence-electron chi connectivity index (χ2n) is 4.43. The fraction of sp³-hybridized carbons (Fsp3) is 0.538. The number of benzene rings is 1. The summed E-state index contributed by atoms with van der Waals surface area (Å²) in [5.74, 6) is 0.907. The molecule has 0 aliphatic rings. The summed E-state index contributed by atoms with van der Waals surface area (Å²) in [7, 11) is 0. The first-order valence-corrected chi connectivity index (χ1v) is 6.34. The number of halogens is 1. The quantitative estimate of drug-likeness (QED) is 0.898. The minimum atomic E-state index is -0.0803. The number of aliphatic hydroxyl groups excluding tert-OH is 1. The van der Waals surface area contributed by atoms with Crippen molar-refractivity contribution in [1.82, 2.24) is 0 Å². The molecule has 0 aromatic heterocycles. The first kappa shape index (κ1) is 13.5. The van der Waals surface area contributed by atoms with Crippen LogP contribution in [0.1, 0.15) is 32.8 Å². The van der Waals surface area contributed by atoms with Crippen LogP contribution in [-0.2, 0) is 5.41 Å². The van der Waals surface area contributed by atoms with Crippen LogP contribution in [0.25, 0.3) is 0 Å². The van der Waals surface area contributed by atoms with Crippen molar-refractivity contribution in [2.24, 2.45) is 0 Å². The predicted molar refractivity (Wildman–Crippen MR) is 70.0 cm³/mol. The average Bonchev–Trinajstić information content (AvgIpc) is 2.21. The van der Waals surface area contributed by atoms with Gasteiger partial charge in [-0.3, -0.25) is 0 Å². The van der Waals surface area contributed by atoms with E-state index in [0.29, 0.717) is 6.61 Å². The highest BCUT2D eigenvalue weighted by atomic mass is 79.9. The summed E-state index contributed by atoms with van der Waals surface area (Å²) >= 11 is 3.47. The zero-order valence-corrected chi connectivity index (χ0v) is 11.7. The Morgan fingerprint density at radius 2 is 2.06 bits per heavy atom. The molecule has 0 amide bonds. The molecule has 1 aromatic carbocycles. The van der Waals surface area contributed by atoms with Crippen molar-refractivity contribution < 1.29 is 9.84 Å². The van der Waals surface area contributed by atoms with Crippen molar-refractivity contribution in [1.29, 1.82) is 0 Å². The Bertz CT molecular complexity index is 348. The Morgan fingerprint density at radius 3 is 2.62 bits per heavy atom. The van der Waals surface area contributed by atoms with Gasteiger partial charge in [0.15, 0.2) is 0 Å². The van der Waals surface area contributed by atoms with Crippen LogP contribution in [-0.4, -0.2) is 18.3 Å². The third-order valence-electron chi connectivity index (χ3n) is 2.71. The molecule has 1 aromatic rings. The van der Waals surface area contributed by atoms with Crippen LogP contribution in [0.3, 0.4) is 0 Å². The Balaban J connectivity index is 3.12. The molecule has 0 atom stereocenters. The van der Waals surface area contributed by atoms with Crippen molar-refractivity contribution in [3.8, 4) is 5.75 Å². The van der Waals surface area contributed by atoms with Crippen LogP contribution >= 0.6 is 15.9 Å². The van der Waals surface area contributed by atoms with E-state index in [0.717, 1.165) is 22.2 Å². The molecular formula is C13H19BrO2. The highest BCUT2D eigenvalue weighted by molar-refractivity contribution is 9.10. The lowest BCUT2D eigenvalue weighted by Gasteiger charge is -2.27. The summed E-state index contributed by atoms with van der Waals surface area (Å²) in [6.07, 6.45) is 0.726. The van der Waals surface area contributed by atoms with Gasteiger partial charge >= 0.3 is 0 Å². The van der Waals surface area contributed by atoms with Gasteiger partial charge < -0.3 is 9.84 Å². The molecule has 0 fully saturated rings. The van der Waals surface area contributed by atoms with Gasteiger partial charge in [-0.15, -0.1) is 0 Å². The van der Waals surface area contributed by atoms with E-state index in [2.05, 4.69) is 35.8 Å². The highest BCUT2D eigenvalue weighted by Gasteiger charge is 2.24. The predicted octanol–water partition coefficient (Wildman–Crippen LogP) is 3.51. The maximum absolute atomic E-state index is 9.10. The number of hydrogen-bond donors (Lipinski definition) is 1. The molecule has 1 N–H and O–H groups in total. The van der Waals surface area contributed by atoms with E-state index in [1.807, 2.05) is 19.1 Å². The summed E-state index contributed by atoms with van der Waals surface area (Å²) in [4.78, 5) is 0. The van der Waals surface area contributed by atoms with Crippen LogP contribution in [0.4, 0.5) is 0 Å². The SMILES string of the molecule is CCOc1ccc(Br)cc1C(C)(C)CCO. The van der Waals surface area contributed by atoms with E-state index in [9.17, 15) is 0 Å². The van der Waals surface area contributed by atoms with E-state index >= 15 is 0 Å². The minimum absolute atomic E-state index is 0.0803. The van der Waals surface area contributed by atoms with Crippen molar-refractivity contribution in [2.45, 2.75) is 32.6 Å². The molecule has 0 aliphatic carbocycles. The van der Waals surface area contributed by atoms with Gasteiger partial charge in [0.2, 0.25) is 0 Å². The van der Waals surface area contributed by atoms with Gasteiger partial charge in [-0.25, -0.2) is 0 Å². The van der Waals surface area contributed by atoms with Gasteiger partial charge in [-0.05, 0) is 37.0 Å². The minimum Gasteiger partial charge on any atom is -0.494 e. The molecule has 90 valence electrons. The smallest absolute Gasteiger partial charge is 0.123 e. The van der Waals surface area contributed by atoms with Gasteiger partial charge in [0.25, 0.3) is 0 Å². The van der Waals surface area contributed by atoms with Gasteiger partial charge in [-0.1, -0.05) is 29.8 Å². The lowest BCUT2D eigenvalue weighted by molar-refractivity contribution is 0.247. The fourth-order valence-corrected chi connectivity index (χ4v) is 2.09. The molecule has 3 heteroatoms. The summed E-state index contributed by atoms with van der Waals surface area (Å²) in [6, 6.07) is 6.02. The van der Waals surface area contributed by atoms with E-state index in [-0.39, 0.29) is 12.0 Å². The summed E-state index contributed by atoms with van der Waals surface area (Å²) < 4.78 is 6.66. The largest absolute Gasteiger partial charge is 0.494 e. The molecular weight excluding hydrogens is 268 g/mol. The lowest BCUT2D eigenvalue weighted by atomic mass is 9.81. The maximum Gasteiger partial charge on any atom is 0.123 e. The van der Waals surface area contributed by atoms with Crippen LogP contribution < -0.4 is 4.74 Å². The fourth-order valence-electron chi connectivity index (χ4n) is 1.73. The van der Waals surface area contributed by atoms with Gasteiger partial charge in [0.1, 0.15) is 5.75 Å². The van der Waals surface area contributed by atoms with Crippen LogP contribution in [0.15, 0.2) is 22.7 Å². The molecule has 16 heavy (non-hydrogen) atoms. The van der Waals surface area contributed by atoms with Crippen molar-refractivity contribution in [2.75, 3.05) is 13.2 Å². The molecule has 1 rings (SSSR count). The molecule has 2 nitrogen and oxygen atoms in total. The zero-order chi connectivity index (χ0) is 12.2. The van der Waals surface area contributed by atoms with Crippen molar-refractivity contribution in [3.05, 3.63) is 28.2 Å². The third kappa shape index (κ3) is 3.22. The van der Waals surface area contributed by atoms with Crippen LogP contribution in [0.2, 0.25) is 0 Å². The number of rotatable bonds is 5. The molecule has 0 saturated heterocycles. The molecule has 0 radical (unpaired) electrons. The Labute approximate surface area is 106 Å². The Morgan fingerprint density at radius 1 is 1.38 bits per heavy atom. The monoisotopic (exact) mass is 286 g/mol. The first-order chi connectivity index (χ1) is 7.51. The average molecular weight is 287 g/mol. The maximum atomic E-state index is 9.10. The van der Waals surface area contributed by atoms with Gasteiger partial charge in [-0.2, -0.15) is 0 Å². The van der Waals surface area contributed by atoms with Crippen molar-refractivity contribution in [3.63, 3.8) is 0 Å². The molecule has 0 saturated carbocycles.